The Morgan fingerprint density at radius 1 is 0.865 bits per heavy atom. The summed E-state index contributed by atoms with van der Waals surface area (Å²) in [6.07, 6.45) is 2.15. The number of benzene rings is 3. The van der Waals surface area contributed by atoms with Gasteiger partial charge in [0.05, 0.1) is 12.0 Å². The van der Waals surface area contributed by atoms with E-state index in [0.717, 1.165) is 52.2 Å². The number of likely N-dealkylation sites (N-methyl/N-ethyl adjacent to an activating group) is 2. The van der Waals surface area contributed by atoms with Gasteiger partial charge in [0.15, 0.2) is 11.5 Å². The Labute approximate surface area is 218 Å². The van der Waals surface area contributed by atoms with E-state index in [9.17, 15) is 9.59 Å². The molecule has 37 heavy (non-hydrogen) atoms. The smallest absolute Gasteiger partial charge is 0.236 e. The summed E-state index contributed by atoms with van der Waals surface area (Å²) in [6.45, 7) is 3.30. The van der Waals surface area contributed by atoms with Crippen LogP contribution in [-0.2, 0) is 28.0 Å². The number of ketones is 1. The molecule has 2 aliphatic rings. The lowest BCUT2D eigenvalue weighted by Gasteiger charge is -2.20. The summed E-state index contributed by atoms with van der Waals surface area (Å²) in [7, 11) is 5.62. The molecule has 0 radical (unpaired) electrons. The first-order valence-electron chi connectivity index (χ1n) is 12.8. The molecule has 1 saturated carbocycles. The predicted molar refractivity (Wildman–Crippen MR) is 144 cm³/mol. The van der Waals surface area contributed by atoms with Gasteiger partial charge in [0, 0.05) is 20.0 Å². The standard InChI is InChI=1S/C31H34N2O4/c1-21-5-6-23(16-29(34)31(13-14-31)25-11-12-27-28(17-25)37-20-36-27)15-26(21)24-9-7-22(8-10-24)18-33(4)30(35)19-32(2)3/h5-12,15,17H,13-14,16,18-20H2,1-4H3. The van der Waals surface area contributed by atoms with E-state index < -0.39 is 5.41 Å². The zero-order chi connectivity index (χ0) is 26.2. The normalized spacial score (nSPS) is 15.1. The van der Waals surface area contributed by atoms with Gasteiger partial charge in [-0.05, 0) is 79.4 Å². The third-order valence-electron chi connectivity index (χ3n) is 7.44. The fourth-order valence-corrected chi connectivity index (χ4v) is 5.04. The van der Waals surface area contributed by atoms with Crippen LogP contribution in [0.25, 0.3) is 11.1 Å². The number of ether oxygens (including phenoxy) is 2. The molecule has 6 heteroatoms. The minimum Gasteiger partial charge on any atom is -0.454 e. The van der Waals surface area contributed by atoms with Gasteiger partial charge in [-0.25, -0.2) is 0 Å². The first kappa shape index (κ1) is 25.0. The molecule has 192 valence electrons. The number of rotatable bonds is 9. The Hall–Kier alpha value is -3.64. The van der Waals surface area contributed by atoms with Crippen LogP contribution in [0.5, 0.6) is 11.5 Å². The summed E-state index contributed by atoms with van der Waals surface area (Å²) < 4.78 is 11.0. The van der Waals surface area contributed by atoms with Crippen molar-refractivity contribution in [1.29, 1.82) is 0 Å². The van der Waals surface area contributed by atoms with Crippen molar-refractivity contribution in [3.05, 3.63) is 82.9 Å². The number of carbonyl (C=O) groups is 2. The number of amides is 1. The molecule has 0 atom stereocenters. The van der Waals surface area contributed by atoms with Crippen LogP contribution in [0.4, 0.5) is 0 Å². The molecule has 3 aromatic carbocycles. The Morgan fingerprint density at radius 3 is 2.27 bits per heavy atom. The highest BCUT2D eigenvalue weighted by atomic mass is 16.7. The summed E-state index contributed by atoms with van der Waals surface area (Å²) in [6, 6.07) is 20.5. The molecule has 5 rings (SSSR count). The Morgan fingerprint density at radius 2 is 1.57 bits per heavy atom. The SMILES string of the molecule is Cc1ccc(CC(=O)C2(c3ccc4c(c3)OCO4)CC2)cc1-c1ccc(CN(C)C(=O)CN(C)C)cc1. The zero-order valence-corrected chi connectivity index (χ0v) is 22.0. The zero-order valence-electron chi connectivity index (χ0n) is 22.0. The maximum Gasteiger partial charge on any atom is 0.236 e. The van der Waals surface area contributed by atoms with Gasteiger partial charge >= 0.3 is 0 Å². The van der Waals surface area contributed by atoms with Gasteiger partial charge in [0.25, 0.3) is 0 Å². The van der Waals surface area contributed by atoms with Gasteiger partial charge in [-0.3, -0.25) is 9.59 Å². The average Bonchev–Trinajstić information content (AvgIpc) is 3.56. The number of aryl methyl sites for hydroxylation is 1. The lowest BCUT2D eigenvalue weighted by atomic mass is 9.87. The van der Waals surface area contributed by atoms with Crippen molar-refractivity contribution < 1.29 is 19.1 Å². The van der Waals surface area contributed by atoms with Crippen LogP contribution in [0.15, 0.2) is 60.7 Å². The topological polar surface area (TPSA) is 59.1 Å². The Kier molecular flexibility index (Phi) is 6.78. The van der Waals surface area contributed by atoms with E-state index in [0.29, 0.717) is 19.5 Å². The van der Waals surface area contributed by atoms with Gasteiger partial charge < -0.3 is 19.3 Å². The van der Waals surface area contributed by atoms with E-state index in [1.165, 1.54) is 5.56 Å². The first-order chi connectivity index (χ1) is 17.7. The fourth-order valence-electron chi connectivity index (χ4n) is 5.04. The van der Waals surface area contributed by atoms with Crippen molar-refractivity contribution in [3.63, 3.8) is 0 Å². The molecule has 1 aliphatic carbocycles. The molecule has 0 saturated heterocycles. The molecule has 0 aromatic heterocycles. The van der Waals surface area contributed by atoms with E-state index >= 15 is 0 Å². The number of carbonyl (C=O) groups excluding carboxylic acids is 2. The van der Waals surface area contributed by atoms with Gasteiger partial charge in [0.2, 0.25) is 12.7 Å². The van der Waals surface area contributed by atoms with Crippen molar-refractivity contribution in [1.82, 2.24) is 9.80 Å². The van der Waals surface area contributed by atoms with Crippen molar-refractivity contribution in [3.8, 4) is 22.6 Å². The second-order valence-corrected chi connectivity index (χ2v) is 10.6. The number of nitrogens with zero attached hydrogens (tertiary/aromatic N) is 2. The summed E-state index contributed by atoms with van der Waals surface area (Å²) >= 11 is 0. The summed E-state index contributed by atoms with van der Waals surface area (Å²) in [5.41, 5.74) is 6.12. The van der Waals surface area contributed by atoms with Gasteiger partial charge in [-0.2, -0.15) is 0 Å². The highest BCUT2D eigenvalue weighted by molar-refractivity contribution is 5.95. The Balaban J connectivity index is 1.29. The molecule has 0 bridgehead atoms. The van der Waals surface area contributed by atoms with Gasteiger partial charge in [-0.15, -0.1) is 0 Å². The molecule has 0 unspecified atom stereocenters. The van der Waals surface area contributed by atoms with Gasteiger partial charge in [0.1, 0.15) is 5.78 Å². The largest absolute Gasteiger partial charge is 0.454 e. The van der Waals surface area contributed by atoms with Crippen molar-refractivity contribution in [2.24, 2.45) is 0 Å². The molecular formula is C31H34N2O4. The highest BCUT2D eigenvalue weighted by Gasteiger charge is 2.50. The van der Waals surface area contributed by atoms with E-state index in [2.05, 4.69) is 49.4 Å². The molecular weight excluding hydrogens is 464 g/mol. The molecule has 6 nitrogen and oxygen atoms in total. The predicted octanol–water partition coefficient (Wildman–Crippen LogP) is 4.75. The number of hydrogen-bond donors (Lipinski definition) is 0. The van der Waals surface area contributed by atoms with Crippen LogP contribution in [0, 0.1) is 6.92 Å². The Bertz CT molecular complexity index is 1330. The molecule has 0 spiro atoms. The molecule has 1 fully saturated rings. The molecule has 1 amide bonds. The second kappa shape index (κ2) is 10.0. The van der Waals surface area contributed by atoms with Crippen molar-refractivity contribution >= 4 is 11.7 Å². The fraction of sp³-hybridized carbons (Fsp3) is 0.355. The van der Waals surface area contributed by atoms with Gasteiger partial charge in [-0.1, -0.05) is 48.5 Å². The van der Waals surface area contributed by atoms with Crippen LogP contribution in [-0.4, -0.2) is 56.0 Å². The molecule has 1 aliphatic heterocycles. The van der Waals surface area contributed by atoms with E-state index in [-0.39, 0.29) is 18.5 Å². The molecule has 1 heterocycles. The highest BCUT2D eigenvalue weighted by Crippen LogP contribution is 2.51. The number of fused-ring (bicyclic) bond motifs is 1. The summed E-state index contributed by atoms with van der Waals surface area (Å²) in [5.74, 6) is 1.82. The lowest BCUT2D eigenvalue weighted by molar-refractivity contribution is -0.131. The molecule has 0 N–H and O–H groups in total. The summed E-state index contributed by atoms with van der Waals surface area (Å²) in [5, 5.41) is 0. The van der Waals surface area contributed by atoms with Crippen LogP contribution in [0.3, 0.4) is 0 Å². The second-order valence-electron chi connectivity index (χ2n) is 10.6. The van der Waals surface area contributed by atoms with E-state index in [4.69, 9.17) is 9.47 Å². The maximum absolute atomic E-state index is 13.5. The van der Waals surface area contributed by atoms with Crippen molar-refractivity contribution in [2.75, 3.05) is 34.5 Å². The van der Waals surface area contributed by atoms with E-state index in [1.807, 2.05) is 44.2 Å². The third-order valence-corrected chi connectivity index (χ3v) is 7.44. The number of hydrogen-bond acceptors (Lipinski definition) is 5. The number of Topliss-reactive ketones (excluding diaryl/α,β-unsaturated/α-hetero) is 1. The van der Waals surface area contributed by atoms with Crippen molar-refractivity contribution in [2.45, 2.75) is 38.1 Å². The lowest BCUT2D eigenvalue weighted by Crippen LogP contribution is -2.34. The molecule has 3 aromatic rings. The van der Waals surface area contributed by atoms with Crippen LogP contribution < -0.4 is 9.47 Å². The quantitative estimate of drug-likeness (QED) is 0.426. The summed E-state index contributed by atoms with van der Waals surface area (Å²) in [4.78, 5) is 29.4. The van der Waals surface area contributed by atoms with E-state index in [1.54, 1.807) is 4.90 Å². The van der Waals surface area contributed by atoms with Crippen LogP contribution in [0.1, 0.15) is 35.1 Å². The van der Waals surface area contributed by atoms with Crippen LogP contribution in [0.2, 0.25) is 0 Å². The average molecular weight is 499 g/mol. The van der Waals surface area contributed by atoms with Crippen LogP contribution >= 0.6 is 0 Å². The minimum atomic E-state index is -0.413. The monoisotopic (exact) mass is 498 g/mol. The maximum atomic E-state index is 13.5. The first-order valence-corrected chi connectivity index (χ1v) is 12.8. The third kappa shape index (κ3) is 5.25. The minimum absolute atomic E-state index is 0.0940.